The molecule has 0 spiro atoms. The third-order valence-electron chi connectivity index (χ3n) is 7.98. The number of carbonyl (C=O) groups is 3. The van der Waals surface area contributed by atoms with Crippen molar-refractivity contribution >= 4 is 49.6 Å². The lowest BCUT2D eigenvalue weighted by Crippen LogP contribution is -2.35. The fourth-order valence-corrected chi connectivity index (χ4v) is 6.91. The van der Waals surface area contributed by atoms with Crippen LogP contribution in [0.25, 0.3) is 11.1 Å². The van der Waals surface area contributed by atoms with Crippen molar-refractivity contribution < 1.29 is 32.7 Å². The summed E-state index contributed by atoms with van der Waals surface area (Å²) in [7, 11) is 0. The molecule has 0 bridgehead atoms. The zero-order valence-corrected chi connectivity index (χ0v) is 29.6. The van der Waals surface area contributed by atoms with E-state index in [2.05, 4.69) is 49.4 Å². The minimum Gasteiger partial charge on any atom is -0.474 e. The number of aliphatic carboxylic acids is 1. The minimum atomic E-state index is -4.54. The first-order chi connectivity index (χ1) is 22.4. The number of benzene rings is 3. The molecule has 1 atom stereocenters. The molecule has 0 aliphatic heterocycles. The first-order valence-corrected chi connectivity index (χ1v) is 17.6. The summed E-state index contributed by atoms with van der Waals surface area (Å²) in [5.74, 6) is -3.12. The number of hydrogen-bond acceptors (Lipinski definition) is 3. The largest absolute Gasteiger partial charge is 0.474 e. The zero-order valence-electron chi connectivity index (χ0n) is 26.4. The molecule has 3 aromatic carbocycles. The summed E-state index contributed by atoms with van der Waals surface area (Å²) in [6.07, 6.45) is 7.64. The van der Waals surface area contributed by atoms with E-state index in [1.165, 1.54) is 75.3 Å². The van der Waals surface area contributed by atoms with Gasteiger partial charge in [-0.3, -0.25) is 9.59 Å². The van der Waals surface area contributed by atoms with Gasteiger partial charge in [0.15, 0.2) is 0 Å². The number of carbonyl (C=O) groups excluding carboxylic acids is 2. The van der Waals surface area contributed by atoms with Crippen LogP contribution >= 0.6 is 31.9 Å². The topological polar surface area (TPSA) is 95.5 Å². The molecule has 2 amide bonds. The third-order valence-corrected chi connectivity index (χ3v) is 9.40. The monoisotopic (exact) mass is 780 g/mol. The normalized spacial score (nSPS) is 12.0. The smallest absolute Gasteiger partial charge is 0.417 e. The van der Waals surface area contributed by atoms with Gasteiger partial charge in [0.25, 0.3) is 5.91 Å². The molecule has 0 aliphatic carbocycles. The van der Waals surface area contributed by atoms with E-state index < -0.39 is 29.7 Å². The molecule has 0 heterocycles. The highest BCUT2D eigenvalue weighted by molar-refractivity contribution is 9.11. The standard InChI is InChI=1S/C36H41Br2F3N2O4/c1-2-3-4-5-6-7-8-9-10-13-20-42-33(44)26-21-30(37)28(31(38)22-26)23-32(43-34(45)35(46)47)25-18-16-24(17-19-25)27-14-11-12-15-29(27)36(39,40)41/h11-12,14-19,21-22,32H,2-10,13,20,23H2,1H3,(H,42,44)(H,43,45)(H,46,47). The molecule has 0 radical (unpaired) electrons. The second-order valence-electron chi connectivity index (χ2n) is 11.6. The third kappa shape index (κ3) is 12.1. The van der Waals surface area contributed by atoms with Gasteiger partial charge in [0.2, 0.25) is 0 Å². The summed E-state index contributed by atoms with van der Waals surface area (Å²) in [6.45, 7) is 2.79. The highest BCUT2D eigenvalue weighted by atomic mass is 79.9. The Hall–Kier alpha value is -3.18. The van der Waals surface area contributed by atoms with Crippen molar-refractivity contribution in [1.29, 1.82) is 0 Å². The van der Waals surface area contributed by atoms with Crippen LogP contribution in [0.4, 0.5) is 13.2 Å². The molecule has 3 aromatic rings. The number of unbranched alkanes of at least 4 members (excludes halogenated alkanes) is 9. The summed E-state index contributed by atoms with van der Waals surface area (Å²) in [6, 6.07) is 13.9. The Kier molecular flexibility index (Phi) is 15.5. The number of halogens is 5. The van der Waals surface area contributed by atoms with E-state index in [0.29, 0.717) is 37.7 Å². The molecule has 1 unspecified atom stereocenters. The Bertz CT molecular complexity index is 1470. The molecule has 0 aromatic heterocycles. The van der Waals surface area contributed by atoms with Crippen LogP contribution in [-0.2, 0) is 22.2 Å². The highest BCUT2D eigenvalue weighted by Gasteiger charge is 2.33. The number of hydrogen-bond donors (Lipinski definition) is 3. The van der Waals surface area contributed by atoms with Gasteiger partial charge >= 0.3 is 18.1 Å². The lowest BCUT2D eigenvalue weighted by Gasteiger charge is -2.21. The molecule has 3 N–H and O–H groups in total. The molecule has 6 nitrogen and oxygen atoms in total. The lowest BCUT2D eigenvalue weighted by atomic mass is 9.94. The molecule has 47 heavy (non-hydrogen) atoms. The molecular formula is C36H41Br2F3N2O4. The van der Waals surface area contributed by atoms with E-state index in [4.69, 9.17) is 0 Å². The predicted molar refractivity (Wildman–Crippen MR) is 185 cm³/mol. The fraction of sp³-hybridized carbons (Fsp3) is 0.417. The molecule has 3 rings (SSSR count). The van der Waals surface area contributed by atoms with Crippen LogP contribution in [-0.4, -0.2) is 29.4 Å². The zero-order chi connectivity index (χ0) is 34.4. The Morgan fingerprint density at radius 2 is 1.36 bits per heavy atom. The summed E-state index contributed by atoms with van der Waals surface area (Å²) >= 11 is 7.04. The van der Waals surface area contributed by atoms with Crippen molar-refractivity contribution in [3.05, 3.63) is 91.9 Å². The van der Waals surface area contributed by atoms with Crippen molar-refractivity contribution in [2.24, 2.45) is 0 Å². The van der Waals surface area contributed by atoms with E-state index in [9.17, 15) is 32.7 Å². The Morgan fingerprint density at radius 1 is 0.809 bits per heavy atom. The summed E-state index contributed by atoms with van der Waals surface area (Å²) < 4.78 is 41.9. The molecule has 0 saturated carbocycles. The van der Waals surface area contributed by atoms with E-state index in [1.807, 2.05) is 0 Å². The molecule has 11 heteroatoms. The number of alkyl halides is 3. The Labute approximate surface area is 291 Å². The van der Waals surface area contributed by atoms with Gasteiger partial charge in [-0.1, -0.05) is 139 Å². The maximum Gasteiger partial charge on any atom is 0.417 e. The van der Waals surface area contributed by atoms with E-state index in [0.717, 1.165) is 25.3 Å². The average Bonchev–Trinajstić information content (AvgIpc) is 3.04. The van der Waals surface area contributed by atoms with Crippen LogP contribution in [0, 0.1) is 0 Å². The highest BCUT2D eigenvalue weighted by Crippen LogP contribution is 2.38. The van der Waals surface area contributed by atoms with Crippen LogP contribution in [0.2, 0.25) is 0 Å². The summed E-state index contributed by atoms with van der Waals surface area (Å²) in [5.41, 5.74) is 1.14. The SMILES string of the molecule is CCCCCCCCCCCCNC(=O)c1cc(Br)c(CC(NC(=O)C(=O)O)c2ccc(-c3ccccc3C(F)(F)F)cc2)c(Br)c1. The van der Waals surface area contributed by atoms with Crippen LogP contribution in [0.3, 0.4) is 0 Å². The van der Waals surface area contributed by atoms with Gasteiger partial charge < -0.3 is 15.7 Å². The van der Waals surface area contributed by atoms with Crippen LogP contribution < -0.4 is 10.6 Å². The Balaban J connectivity index is 1.66. The Morgan fingerprint density at radius 3 is 1.91 bits per heavy atom. The van der Waals surface area contributed by atoms with E-state index >= 15 is 0 Å². The molecule has 0 fully saturated rings. The first-order valence-electron chi connectivity index (χ1n) is 16.0. The van der Waals surface area contributed by atoms with Crippen LogP contribution in [0.1, 0.15) is 104 Å². The fourth-order valence-electron chi connectivity index (χ4n) is 5.40. The molecular weight excluding hydrogens is 741 g/mol. The van der Waals surface area contributed by atoms with Gasteiger partial charge in [0.1, 0.15) is 0 Å². The van der Waals surface area contributed by atoms with Gasteiger partial charge in [-0.2, -0.15) is 13.2 Å². The lowest BCUT2D eigenvalue weighted by molar-refractivity contribution is -0.150. The van der Waals surface area contributed by atoms with E-state index in [-0.39, 0.29) is 17.9 Å². The number of carboxylic acids is 1. The number of rotatable bonds is 17. The predicted octanol–water partition coefficient (Wildman–Crippen LogP) is 10.0. The average molecular weight is 783 g/mol. The summed E-state index contributed by atoms with van der Waals surface area (Å²) in [4.78, 5) is 36.5. The summed E-state index contributed by atoms with van der Waals surface area (Å²) in [5, 5.41) is 14.7. The van der Waals surface area contributed by atoms with Crippen molar-refractivity contribution in [3.8, 4) is 11.1 Å². The van der Waals surface area contributed by atoms with Gasteiger partial charge in [0.05, 0.1) is 11.6 Å². The maximum absolute atomic E-state index is 13.6. The van der Waals surface area contributed by atoms with Gasteiger partial charge in [-0.25, -0.2) is 4.79 Å². The van der Waals surface area contributed by atoms with Crippen LogP contribution in [0.15, 0.2) is 69.6 Å². The number of amides is 2. The van der Waals surface area contributed by atoms with Gasteiger partial charge in [-0.05, 0) is 53.3 Å². The van der Waals surface area contributed by atoms with Crippen molar-refractivity contribution in [2.75, 3.05) is 6.54 Å². The maximum atomic E-state index is 13.6. The van der Waals surface area contributed by atoms with Gasteiger partial charge in [0, 0.05) is 21.1 Å². The molecule has 0 aliphatic rings. The van der Waals surface area contributed by atoms with Crippen molar-refractivity contribution in [1.82, 2.24) is 10.6 Å². The van der Waals surface area contributed by atoms with E-state index in [1.54, 1.807) is 24.3 Å². The second kappa shape index (κ2) is 19.0. The minimum absolute atomic E-state index is 0.00481. The first kappa shape index (κ1) is 38.3. The quantitative estimate of drug-likeness (QED) is 0.0939. The van der Waals surface area contributed by atoms with Crippen LogP contribution in [0.5, 0.6) is 0 Å². The van der Waals surface area contributed by atoms with Gasteiger partial charge in [-0.15, -0.1) is 0 Å². The number of carboxylic acid groups (broad SMARTS) is 1. The van der Waals surface area contributed by atoms with Crippen molar-refractivity contribution in [2.45, 2.75) is 89.8 Å². The molecule has 254 valence electrons. The molecule has 0 saturated heterocycles. The second-order valence-corrected chi connectivity index (χ2v) is 13.3. The number of nitrogens with one attached hydrogen (secondary N) is 2. The van der Waals surface area contributed by atoms with Crippen molar-refractivity contribution in [3.63, 3.8) is 0 Å².